The van der Waals surface area contributed by atoms with Gasteiger partial charge in [0.1, 0.15) is 5.82 Å². The number of nitrogens with zero attached hydrogens (tertiary/aromatic N) is 1. The summed E-state index contributed by atoms with van der Waals surface area (Å²) in [5.74, 6) is 0.920. The zero-order valence-electron chi connectivity index (χ0n) is 12.2. The molecule has 0 aromatic carbocycles. The number of aromatic amines is 1. The molecular weight excluding hydrogens is 302 g/mol. The Morgan fingerprint density at radius 2 is 2.19 bits per heavy atom. The highest BCUT2D eigenvalue weighted by molar-refractivity contribution is 7.37. The van der Waals surface area contributed by atoms with Crippen LogP contribution in [0.2, 0.25) is 0 Å². The van der Waals surface area contributed by atoms with E-state index in [2.05, 4.69) is 33.7 Å². The highest BCUT2D eigenvalue weighted by Crippen LogP contribution is 2.33. The molecule has 21 heavy (non-hydrogen) atoms. The van der Waals surface area contributed by atoms with Crippen molar-refractivity contribution in [1.29, 1.82) is 0 Å². The molecule has 1 amide bonds. The first-order valence-electron chi connectivity index (χ1n) is 6.78. The number of hydrogen-bond acceptors (Lipinski definition) is 4. The summed E-state index contributed by atoms with van der Waals surface area (Å²) in [4.78, 5) is 20.9. The lowest BCUT2D eigenvalue weighted by molar-refractivity contribution is -0.120. The maximum Gasteiger partial charge on any atom is 0.224 e. The molecule has 3 aromatic rings. The number of aryl methyl sites for hydroxylation is 3. The lowest BCUT2D eigenvalue weighted by Gasteiger charge is -2.03. The fourth-order valence-electron chi connectivity index (χ4n) is 2.38. The molecule has 2 N–H and O–H groups in total. The fraction of sp³-hybridized carbons (Fsp3) is 0.333. The number of thiophene rings is 2. The Labute approximate surface area is 131 Å². The van der Waals surface area contributed by atoms with Crippen LogP contribution in [0.1, 0.15) is 27.7 Å². The number of H-pyrrole nitrogens is 1. The first-order chi connectivity index (χ1) is 10.0. The van der Waals surface area contributed by atoms with Gasteiger partial charge in [-0.15, -0.1) is 22.7 Å². The molecule has 3 aromatic heterocycles. The van der Waals surface area contributed by atoms with E-state index in [4.69, 9.17) is 0 Å². The van der Waals surface area contributed by atoms with Gasteiger partial charge in [-0.3, -0.25) is 4.79 Å². The molecule has 110 valence electrons. The summed E-state index contributed by atoms with van der Waals surface area (Å²) in [6.07, 6.45) is 0.429. The third-order valence-electron chi connectivity index (χ3n) is 3.38. The monoisotopic (exact) mass is 319 g/mol. The summed E-state index contributed by atoms with van der Waals surface area (Å²) in [5, 5.41) is 6.26. The Kier molecular flexibility index (Phi) is 3.82. The van der Waals surface area contributed by atoms with Crippen LogP contribution in [0.15, 0.2) is 11.4 Å². The first kappa shape index (κ1) is 14.3. The van der Waals surface area contributed by atoms with Crippen molar-refractivity contribution in [1.82, 2.24) is 15.3 Å². The summed E-state index contributed by atoms with van der Waals surface area (Å²) in [5.41, 5.74) is 3.04. The second-order valence-corrected chi connectivity index (χ2v) is 7.56. The minimum Gasteiger partial charge on any atom is -0.350 e. The standard InChI is InChI=1S/C15H17N3OS2/c1-8-4-12-11(7-20-15(12)21-8)5-14(19)16-6-13-9(2)17-10(3)18-13/h4,7H,5-6H2,1-3H3,(H,16,19)(H,17,18). The number of nitrogens with one attached hydrogen (secondary N) is 2. The first-order valence-corrected chi connectivity index (χ1v) is 8.48. The fourth-order valence-corrected chi connectivity index (χ4v) is 4.65. The topological polar surface area (TPSA) is 57.8 Å². The number of amides is 1. The number of hydrogen-bond donors (Lipinski definition) is 2. The van der Waals surface area contributed by atoms with Gasteiger partial charge in [-0.1, -0.05) is 0 Å². The van der Waals surface area contributed by atoms with Crippen molar-refractivity contribution in [3.63, 3.8) is 0 Å². The average Bonchev–Trinajstić information content (AvgIpc) is 3.04. The lowest BCUT2D eigenvalue weighted by Crippen LogP contribution is -2.24. The van der Waals surface area contributed by atoms with Gasteiger partial charge in [0.2, 0.25) is 5.91 Å². The highest BCUT2D eigenvalue weighted by atomic mass is 32.2. The van der Waals surface area contributed by atoms with Crippen molar-refractivity contribution in [2.24, 2.45) is 0 Å². The second kappa shape index (κ2) is 5.61. The minimum atomic E-state index is 0.0404. The maximum absolute atomic E-state index is 12.1. The van der Waals surface area contributed by atoms with E-state index in [-0.39, 0.29) is 5.91 Å². The van der Waals surface area contributed by atoms with Crippen molar-refractivity contribution in [3.8, 4) is 0 Å². The zero-order chi connectivity index (χ0) is 15.0. The van der Waals surface area contributed by atoms with Gasteiger partial charge in [0.05, 0.1) is 22.7 Å². The summed E-state index contributed by atoms with van der Waals surface area (Å²) in [7, 11) is 0. The van der Waals surface area contributed by atoms with E-state index in [1.165, 1.54) is 14.3 Å². The maximum atomic E-state index is 12.1. The molecule has 4 nitrogen and oxygen atoms in total. The molecule has 0 aliphatic heterocycles. The third-order valence-corrected chi connectivity index (χ3v) is 5.60. The van der Waals surface area contributed by atoms with Crippen LogP contribution < -0.4 is 5.32 Å². The molecule has 6 heteroatoms. The van der Waals surface area contributed by atoms with Gasteiger partial charge in [-0.2, -0.15) is 0 Å². The van der Waals surface area contributed by atoms with Crippen LogP contribution in [0.25, 0.3) is 9.40 Å². The predicted molar refractivity (Wildman–Crippen MR) is 88.1 cm³/mol. The largest absolute Gasteiger partial charge is 0.350 e. The molecule has 3 heterocycles. The van der Waals surface area contributed by atoms with E-state index in [9.17, 15) is 4.79 Å². The molecule has 0 spiro atoms. The molecule has 0 unspecified atom stereocenters. The van der Waals surface area contributed by atoms with Crippen LogP contribution in [0, 0.1) is 20.8 Å². The third kappa shape index (κ3) is 3.01. The SMILES string of the molecule is Cc1nc(CNC(=O)Cc2csc3sc(C)cc23)c(C)[nH]1. The van der Waals surface area contributed by atoms with E-state index in [1.54, 1.807) is 22.7 Å². The second-order valence-electron chi connectivity index (χ2n) is 5.17. The van der Waals surface area contributed by atoms with Gasteiger partial charge in [0, 0.05) is 16.0 Å². The van der Waals surface area contributed by atoms with Gasteiger partial charge in [-0.05, 0) is 37.8 Å². The summed E-state index contributed by atoms with van der Waals surface area (Å²) >= 11 is 3.51. The van der Waals surface area contributed by atoms with E-state index in [0.717, 1.165) is 22.8 Å². The molecule has 0 aliphatic carbocycles. The van der Waals surface area contributed by atoms with Crippen LogP contribution in [-0.4, -0.2) is 15.9 Å². The van der Waals surface area contributed by atoms with E-state index in [1.807, 2.05) is 13.8 Å². The molecule has 0 atom stereocenters. The van der Waals surface area contributed by atoms with Crippen LogP contribution >= 0.6 is 22.7 Å². The summed E-state index contributed by atoms with van der Waals surface area (Å²) in [6, 6.07) is 2.17. The number of fused-ring (bicyclic) bond motifs is 1. The Balaban J connectivity index is 1.65. The summed E-state index contributed by atoms with van der Waals surface area (Å²) in [6.45, 7) is 6.46. The lowest BCUT2D eigenvalue weighted by atomic mass is 10.1. The quantitative estimate of drug-likeness (QED) is 0.773. The molecule has 0 fully saturated rings. The van der Waals surface area contributed by atoms with Crippen molar-refractivity contribution >= 4 is 38.0 Å². The van der Waals surface area contributed by atoms with Crippen LogP contribution in [0.5, 0.6) is 0 Å². The normalized spacial score (nSPS) is 11.2. The Bertz CT molecular complexity index is 797. The molecule has 0 bridgehead atoms. The van der Waals surface area contributed by atoms with Crippen molar-refractivity contribution in [2.45, 2.75) is 33.7 Å². The number of aromatic nitrogens is 2. The Morgan fingerprint density at radius 1 is 1.38 bits per heavy atom. The Hall–Kier alpha value is -1.66. The molecule has 0 saturated carbocycles. The summed E-state index contributed by atoms with van der Waals surface area (Å²) < 4.78 is 1.30. The van der Waals surface area contributed by atoms with Gasteiger partial charge in [-0.25, -0.2) is 4.98 Å². The van der Waals surface area contributed by atoms with Crippen molar-refractivity contribution < 1.29 is 4.79 Å². The molecule has 0 saturated heterocycles. The minimum absolute atomic E-state index is 0.0404. The van der Waals surface area contributed by atoms with Gasteiger partial charge < -0.3 is 10.3 Å². The molecule has 0 aliphatic rings. The molecule has 0 radical (unpaired) electrons. The van der Waals surface area contributed by atoms with Crippen molar-refractivity contribution in [2.75, 3.05) is 0 Å². The van der Waals surface area contributed by atoms with Crippen LogP contribution in [0.4, 0.5) is 0 Å². The van der Waals surface area contributed by atoms with Gasteiger partial charge in [0.25, 0.3) is 0 Å². The van der Waals surface area contributed by atoms with Gasteiger partial charge in [0.15, 0.2) is 0 Å². The molecule has 3 rings (SSSR count). The van der Waals surface area contributed by atoms with Crippen LogP contribution in [-0.2, 0) is 17.8 Å². The van der Waals surface area contributed by atoms with E-state index in [0.29, 0.717) is 13.0 Å². The number of carbonyl (C=O) groups excluding carboxylic acids is 1. The van der Waals surface area contributed by atoms with Crippen molar-refractivity contribution in [3.05, 3.63) is 39.1 Å². The van der Waals surface area contributed by atoms with E-state index < -0.39 is 0 Å². The molecular formula is C15H17N3OS2. The smallest absolute Gasteiger partial charge is 0.224 e. The average molecular weight is 319 g/mol. The number of carbonyl (C=O) groups is 1. The number of imidazole rings is 1. The Morgan fingerprint density at radius 3 is 2.90 bits per heavy atom. The highest BCUT2D eigenvalue weighted by Gasteiger charge is 2.12. The number of rotatable bonds is 4. The van der Waals surface area contributed by atoms with E-state index >= 15 is 0 Å². The predicted octanol–water partition coefficient (Wildman–Crippen LogP) is 3.47. The van der Waals surface area contributed by atoms with Gasteiger partial charge >= 0.3 is 0 Å². The van der Waals surface area contributed by atoms with Crippen LogP contribution in [0.3, 0.4) is 0 Å². The zero-order valence-corrected chi connectivity index (χ0v) is 13.9.